The van der Waals surface area contributed by atoms with Crippen molar-refractivity contribution >= 4 is 5.97 Å². The summed E-state index contributed by atoms with van der Waals surface area (Å²) in [6.45, 7) is -0.0418. The molecule has 0 aromatic heterocycles. The van der Waals surface area contributed by atoms with Gasteiger partial charge in [0.25, 0.3) is 0 Å². The third-order valence-corrected chi connectivity index (χ3v) is 1.76. The number of methoxy groups -OCH3 is 1. The van der Waals surface area contributed by atoms with E-state index in [1.165, 1.54) is 25.3 Å². The van der Waals surface area contributed by atoms with Crippen LogP contribution in [0.2, 0.25) is 0 Å². The fraction of sp³-hybridized carbons (Fsp3) is 0.300. The SMILES string of the molecule is COc1ccc(C(=O)O)cc1OCCO. The van der Waals surface area contributed by atoms with E-state index in [4.69, 9.17) is 19.7 Å². The lowest BCUT2D eigenvalue weighted by Crippen LogP contribution is -2.04. The molecule has 5 nitrogen and oxygen atoms in total. The van der Waals surface area contributed by atoms with E-state index < -0.39 is 5.97 Å². The number of carbonyl (C=O) groups is 1. The Morgan fingerprint density at radius 1 is 1.40 bits per heavy atom. The Balaban J connectivity index is 2.96. The Hall–Kier alpha value is -1.75. The van der Waals surface area contributed by atoms with Gasteiger partial charge in [0.1, 0.15) is 6.61 Å². The predicted octanol–water partition coefficient (Wildman–Crippen LogP) is 0.764. The standard InChI is InChI=1S/C10H12O5/c1-14-8-3-2-7(10(12)13)6-9(8)15-5-4-11/h2-3,6,11H,4-5H2,1H3,(H,12,13). The smallest absolute Gasteiger partial charge is 0.335 e. The van der Waals surface area contributed by atoms with E-state index in [0.717, 1.165) is 0 Å². The van der Waals surface area contributed by atoms with Gasteiger partial charge in [-0.2, -0.15) is 0 Å². The molecule has 0 amide bonds. The van der Waals surface area contributed by atoms with Gasteiger partial charge in [-0.1, -0.05) is 0 Å². The molecule has 0 aliphatic rings. The van der Waals surface area contributed by atoms with Crippen molar-refractivity contribution in [2.45, 2.75) is 0 Å². The van der Waals surface area contributed by atoms with Gasteiger partial charge in [-0.3, -0.25) is 0 Å². The first kappa shape index (κ1) is 11.3. The van der Waals surface area contributed by atoms with Crippen LogP contribution in [0.4, 0.5) is 0 Å². The third-order valence-electron chi connectivity index (χ3n) is 1.76. The third kappa shape index (κ3) is 2.85. The summed E-state index contributed by atoms with van der Waals surface area (Å²) >= 11 is 0. The quantitative estimate of drug-likeness (QED) is 0.753. The van der Waals surface area contributed by atoms with Crippen LogP contribution in [0.1, 0.15) is 10.4 Å². The zero-order valence-electron chi connectivity index (χ0n) is 8.27. The molecule has 0 radical (unpaired) electrons. The van der Waals surface area contributed by atoms with Crippen molar-refractivity contribution in [1.29, 1.82) is 0 Å². The molecule has 15 heavy (non-hydrogen) atoms. The highest BCUT2D eigenvalue weighted by Gasteiger charge is 2.09. The molecule has 0 spiro atoms. The molecule has 1 aromatic rings. The minimum absolute atomic E-state index is 0.0967. The topological polar surface area (TPSA) is 76.0 Å². The summed E-state index contributed by atoms with van der Waals surface area (Å²) in [7, 11) is 1.46. The summed E-state index contributed by atoms with van der Waals surface area (Å²) in [6, 6.07) is 4.29. The normalized spacial score (nSPS) is 9.73. The first-order chi connectivity index (χ1) is 7.19. The van der Waals surface area contributed by atoms with Crippen molar-refractivity contribution < 1.29 is 24.5 Å². The van der Waals surface area contributed by atoms with Crippen LogP contribution in [0.25, 0.3) is 0 Å². The highest BCUT2D eigenvalue weighted by Crippen LogP contribution is 2.27. The number of ether oxygens (including phenoxy) is 2. The molecule has 0 atom stereocenters. The molecule has 0 unspecified atom stereocenters. The second kappa shape index (κ2) is 5.21. The van der Waals surface area contributed by atoms with Crippen molar-refractivity contribution in [3.8, 4) is 11.5 Å². The average molecular weight is 212 g/mol. The number of hydrogen-bond donors (Lipinski definition) is 2. The summed E-state index contributed by atoms with van der Waals surface area (Å²) < 4.78 is 10.1. The molecule has 2 N–H and O–H groups in total. The average Bonchev–Trinajstić information content (AvgIpc) is 2.25. The highest BCUT2D eigenvalue weighted by molar-refractivity contribution is 5.88. The number of hydrogen-bond acceptors (Lipinski definition) is 4. The Kier molecular flexibility index (Phi) is 3.93. The first-order valence-corrected chi connectivity index (χ1v) is 4.34. The van der Waals surface area contributed by atoms with E-state index in [-0.39, 0.29) is 18.8 Å². The largest absolute Gasteiger partial charge is 0.493 e. The number of carboxylic acids is 1. The molecule has 0 bridgehead atoms. The fourth-order valence-corrected chi connectivity index (χ4v) is 1.08. The van der Waals surface area contributed by atoms with Crippen LogP contribution in [-0.2, 0) is 0 Å². The van der Waals surface area contributed by atoms with Gasteiger partial charge in [-0.05, 0) is 18.2 Å². The van der Waals surface area contributed by atoms with E-state index in [2.05, 4.69) is 0 Å². The molecule has 0 saturated carbocycles. The lowest BCUT2D eigenvalue weighted by molar-refractivity contribution is 0.0696. The zero-order valence-corrected chi connectivity index (χ0v) is 8.27. The Morgan fingerprint density at radius 2 is 2.13 bits per heavy atom. The van der Waals surface area contributed by atoms with Crippen molar-refractivity contribution in [2.75, 3.05) is 20.3 Å². The van der Waals surface area contributed by atoms with Gasteiger partial charge in [-0.15, -0.1) is 0 Å². The van der Waals surface area contributed by atoms with E-state index >= 15 is 0 Å². The first-order valence-electron chi connectivity index (χ1n) is 4.34. The summed E-state index contributed by atoms with van der Waals surface area (Å²) in [6.07, 6.45) is 0. The zero-order chi connectivity index (χ0) is 11.3. The second-order valence-corrected chi connectivity index (χ2v) is 2.74. The van der Waals surface area contributed by atoms with Crippen LogP contribution < -0.4 is 9.47 Å². The van der Waals surface area contributed by atoms with E-state index in [1.54, 1.807) is 0 Å². The Morgan fingerprint density at radius 3 is 2.67 bits per heavy atom. The van der Waals surface area contributed by atoms with Crippen molar-refractivity contribution in [1.82, 2.24) is 0 Å². The number of aromatic carboxylic acids is 1. The Bertz CT molecular complexity index is 348. The molecule has 0 saturated heterocycles. The maximum absolute atomic E-state index is 10.7. The van der Waals surface area contributed by atoms with Crippen molar-refractivity contribution in [3.63, 3.8) is 0 Å². The molecular formula is C10H12O5. The van der Waals surface area contributed by atoms with Gasteiger partial charge >= 0.3 is 5.97 Å². The lowest BCUT2D eigenvalue weighted by Gasteiger charge is -2.09. The van der Waals surface area contributed by atoms with Gasteiger partial charge in [-0.25, -0.2) is 4.79 Å². The monoisotopic (exact) mass is 212 g/mol. The highest BCUT2D eigenvalue weighted by atomic mass is 16.5. The molecule has 5 heteroatoms. The molecule has 0 aliphatic carbocycles. The molecule has 1 rings (SSSR count). The van der Waals surface area contributed by atoms with Gasteiger partial charge in [0, 0.05) is 0 Å². The van der Waals surface area contributed by atoms with Crippen LogP contribution in [-0.4, -0.2) is 36.5 Å². The summed E-state index contributed by atoms with van der Waals surface area (Å²) in [5, 5.41) is 17.3. The molecule has 0 fully saturated rings. The molecule has 0 heterocycles. The van der Waals surface area contributed by atoms with Crippen LogP contribution >= 0.6 is 0 Å². The van der Waals surface area contributed by atoms with Gasteiger partial charge in [0.15, 0.2) is 11.5 Å². The molecule has 1 aromatic carbocycles. The Labute approximate surface area is 86.9 Å². The van der Waals surface area contributed by atoms with Crippen molar-refractivity contribution in [3.05, 3.63) is 23.8 Å². The number of aliphatic hydroxyl groups is 1. The number of rotatable bonds is 5. The summed E-state index contributed by atoms with van der Waals surface area (Å²) in [5.41, 5.74) is 0.115. The van der Waals surface area contributed by atoms with Crippen LogP contribution in [0, 0.1) is 0 Å². The van der Waals surface area contributed by atoms with Crippen LogP contribution in [0.5, 0.6) is 11.5 Å². The fourth-order valence-electron chi connectivity index (χ4n) is 1.08. The van der Waals surface area contributed by atoms with Gasteiger partial charge in [0.2, 0.25) is 0 Å². The van der Waals surface area contributed by atoms with E-state index in [1.807, 2.05) is 0 Å². The molecule has 0 aliphatic heterocycles. The second-order valence-electron chi connectivity index (χ2n) is 2.74. The summed E-state index contributed by atoms with van der Waals surface area (Å²) in [5.74, 6) is -0.286. The summed E-state index contributed by atoms with van der Waals surface area (Å²) in [4.78, 5) is 10.7. The predicted molar refractivity (Wildman–Crippen MR) is 52.5 cm³/mol. The lowest BCUT2D eigenvalue weighted by atomic mass is 10.2. The maximum atomic E-state index is 10.7. The minimum atomic E-state index is -1.04. The number of carboxylic acid groups (broad SMARTS) is 1. The maximum Gasteiger partial charge on any atom is 0.335 e. The molecular weight excluding hydrogens is 200 g/mol. The number of benzene rings is 1. The number of aliphatic hydroxyl groups excluding tert-OH is 1. The minimum Gasteiger partial charge on any atom is -0.493 e. The van der Waals surface area contributed by atoms with Gasteiger partial charge < -0.3 is 19.7 Å². The molecule has 82 valence electrons. The van der Waals surface area contributed by atoms with Crippen LogP contribution in [0.3, 0.4) is 0 Å². The van der Waals surface area contributed by atoms with E-state index in [9.17, 15) is 4.79 Å². The van der Waals surface area contributed by atoms with E-state index in [0.29, 0.717) is 11.5 Å². The van der Waals surface area contributed by atoms with Gasteiger partial charge in [0.05, 0.1) is 19.3 Å². The van der Waals surface area contributed by atoms with Crippen LogP contribution in [0.15, 0.2) is 18.2 Å². The van der Waals surface area contributed by atoms with Crippen molar-refractivity contribution in [2.24, 2.45) is 0 Å².